The SMILES string of the molecule is CC#CCOC(=O)Cn1nnnc1SCc1ccc(OC(=O)N(CCCCCCCCCCCC)c2cccc3c(O)c(C(=O)Nc4ccccc4OC)ccc23)c([N+](=O)[O-])c1. The Morgan fingerprint density at radius 2 is 1.66 bits per heavy atom. The number of nitro benzene ring substituents is 1. The number of tetrazole rings is 1. The van der Waals surface area contributed by atoms with E-state index in [1.807, 2.05) is 0 Å². The van der Waals surface area contributed by atoms with Crippen molar-refractivity contribution in [1.82, 2.24) is 20.2 Å². The summed E-state index contributed by atoms with van der Waals surface area (Å²) >= 11 is 1.15. The van der Waals surface area contributed by atoms with E-state index < -0.39 is 28.6 Å². The number of phenols is 1. The molecule has 16 nitrogen and oxygen atoms in total. The van der Waals surface area contributed by atoms with Crippen molar-refractivity contribution < 1.29 is 38.6 Å². The van der Waals surface area contributed by atoms with E-state index in [0.29, 0.717) is 39.9 Å². The number of esters is 1. The van der Waals surface area contributed by atoms with Crippen LogP contribution in [-0.2, 0) is 21.8 Å². The topological polar surface area (TPSA) is 201 Å². The van der Waals surface area contributed by atoms with Crippen LogP contribution < -0.4 is 19.7 Å². The lowest BCUT2D eigenvalue weighted by molar-refractivity contribution is -0.385. The first-order chi connectivity index (χ1) is 30.1. The first-order valence-corrected chi connectivity index (χ1v) is 21.5. The average Bonchev–Trinajstić information content (AvgIpc) is 3.71. The number of amides is 2. The Labute approximate surface area is 364 Å². The standard InChI is InChI=1S/C45H51N7O9S/c1-4-6-8-9-10-11-12-13-14-17-27-50(37-21-18-19-34-33(37)24-25-35(42(34)54)43(55)46-36-20-15-16-22-39(36)59-3)45(56)61-40-26-23-32(29-38(40)52(57)58)31-62-44-47-48-49-51(44)30-41(53)60-28-7-5-2/h15-16,18-26,29,54H,4,6,8-14,17,27-28,30-31H2,1-3H3,(H,46,55). The second-order valence-corrected chi connectivity index (χ2v) is 15.2. The Bertz CT molecular complexity index is 2390. The van der Waals surface area contributed by atoms with Crippen LogP contribution in [0.4, 0.5) is 21.9 Å². The minimum absolute atomic E-state index is 0.00925. The lowest BCUT2D eigenvalue weighted by Gasteiger charge is -2.24. The Hall–Kier alpha value is -6.67. The summed E-state index contributed by atoms with van der Waals surface area (Å²) < 4.78 is 17.5. The van der Waals surface area contributed by atoms with Crippen molar-refractivity contribution >= 4 is 57.6 Å². The number of fused-ring (bicyclic) bond motifs is 1. The van der Waals surface area contributed by atoms with Gasteiger partial charge in [0.15, 0.2) is 6.61 Å². The van der Waals surface area contributed by atoms with Gasteiger partial charge in [0, 0.05) is 29.1 Å². The van der Waals surface area contributed by atoms with Crippen LogP contribution in [0.5, 0.6) is 17.2 Å². The number of anilines is 2. The summed E-state index contributed by atoms with van der Waals surface area (Å²) in [5.74, 6) is 4.22. The average molecular weight is 866 g/mol. The molecule has 0 aliphatic carbocycles. The van der Waals surface area contributed by atoms with Gasteiger partial charge in [-0.15, -0.1) is 11.0 Å². The molecule has 4 aromatic carbocycles. The number of rotatable bonds is 23. The third kappa shape index (κ3) is 12.9. The van der Waals surface area contributed by atoms with Crippen molar-refractivity contribution in [3.05, 3.63) is 94.0 Å². The highest BCUT2D eigenvalue weighted by Crippen LogP contribution is 2.37. The van der Waals surface area contributed by atoms with Crippen molar-refractivity contribution in [2.45, 2.75) is 95.5 Å². The maximum atomic E-state index is 14.2. The van der Waals surface area contributed by atoms with Gasteiger partial charge >= 0.3 is 17.7 Å². The minimum atomic E-state index is -0.855. The zero-order valence-electron chi connectivity index (χ0n) is 35.1. The van der Waals surface area contributed by atoms with Crippen LogP contribution in [0.1, 0.15) is 94.0 Å². The summed E-state index contributed by atoms with van der Waals surface area (Å²) in [7, 11) is 1.49. The first kappa shape index (κ1) is 46.4. The predicted octanol–water partition coefficient (Wildman–Crippen LogP) is 9.49. The van der Waals surface area contributed by atoms with Gasteiger partial charge in [-0.3, -0.25) is 24.6 Å². The number of para-hydroxylation sites is 2. The summed E-state index contributed by atoms with van der Waals surface area (Å²) in [5.41, 5.74) is 0.904. The van der Waals surface area contributed by atoms with Crippen LogP contribution >= 0.6 is 11.8 Å². The van der Waals surface area contributed by atoms with Crippen LogP contribution in [0.25, 0.3) is 10.8 Å². The fraction of sp³-hybridized carbons (Fsp3) is 0.378. The van der Waals surface area contributed by atoms with Crippen LogP contribution in [0.15, 0.2) is 78.0 Å². The molecule has 0 bridgehead atoms. The fourth-order valence-corrected chi connectivity index (χ4v) is 7.50. The summed E-state index contributed by atoms with van der Waals surface area (Å²) in [5, 5.41) is 39.1. The molecule has 0 unspecified atom stereocenters. The molecule has 5 rings (SSSR count). The highest BCUT2D eigenvalue weighted by atomic mass is 32.2. The summed E-state index contributed by atoms with van der Waals surface area (Å²) in [6.45, 7) is 3.75. The van der Waals surface area contributed by atoms with Crippen molar-refractivity contribution in [2.75, 3.05) is 30.5 Å². The maximum absolute atomic E-state index is 14.2. The molecule has 62 heavy (non-hydrogen) atoms. The van der Waals surface area contributed by atoms with Crippen LogP contribution in [0.3, 0.4) is 0 Å². The lowest BCUT2D eigenvalue weighted by atomic mass is 10.0. The highest BCUT2D eigenvalue weighted by molar-refractivity contribution is 7.98. The van der Waals surface area contributed by atoms with Gasteiger partial charge in [-0.05, 0) is 59.7 Å². The molecule has 1 aromatic heterocycles. The second kappa shape index (κ2) is 23.9. The van der Waals surface area contributed by atoms with Gasteiger partial charge in [-0.25, -0.2) is 9.48 Å². The Kier molecular flexibility index (Phi) is 17.9. The van der Waals surface area contributed by atoms with Crippen molar-refractivity contribution in [3.8, 4) is 29.1 Å². The van der Waals surface area contributed by atoms with Crippen LogP contribution in [0.2, 0.25) is 0 Å². The van der Waals surface area contributed by atoms with E-state index >= 15 is 0 Å². The van der Waals surface area contributed by atoms with Gasteiger partial charge in [0.25, 0.3) is 5.91 Å². The molecule has 0 fully saturated rings. The summed E-state index contributed by atoms with van der Waals surface area (Å²) in [6.07, 6.45) is 9.93. The fourth-order valence-electron chi connectivity index (χ4n) is 6.68. The van der Waals surface area contributed by atoms with E-state index in [-0.39, 0.29) is 47.7 Å². The lowest BCUT2D eigenvalue weighted by Crippen LogP contribution is -2.34. The third-order valence-electron chi connectivity index (χ3n) is 9.90. The highest BCUT2D eigenvalue weighted by Gasteiger charge is 2.26. The smallest absolute Gasteiger partial charge is 0.420 e. The first-order valence-electron chi connectivity index (χ1n) is 20.5. The normalized spacial score (nSPS) is 10.8. The number of carbonyl (C=O) groups excluding carboxylic acids is 3. The largest absolute Gasteiger partial charge is 0.506 e. The van der Waals surface area contributed by atoms with E-state index in [1.165, 1.54) is 67.0 Å². The molecule has 0 atom stereocenters. The number of ether oxygens (including phenoxy) is 3. The maximum Gasteiger partial charge on any atom is 0.420 e. The number of hydrogen-bond donors (Lipinski definition) is 2. The van der Waals surface area contributed by atoms with E-state index in [4.69, 9.17) is 14.2 Å². The number of nitrogens with zero attached hydrogens (tertiary/aromatic N) is 6. The third-order valence-corrected chi connectivity index (χ3v) is 10.9. The minimum Gasteiger partial charge on any atom is -0.506 e. The van der Waals surface area contributed by atoms with Gasteiger partial charge in [0.2, 0.25) is 10.9 Å². The Morgan fingerprint density at radius 3 is 2.39 bits per heavy atom. The monoisotopic (exact) mass is 865 g/mol. The van der Waals surface area contributed by atoms with Gasteiger partial charge in [0.1, 0.15) is 18.0 Å². The molecule has 17 heteroatoms. The molecule has 0 aliphatic rings. The molecule has 0 aliphatic heterocycles. The van der Waals surface area contributed by atoms with Gasteiger partial charge < -0.3 is 24.6 Å². The molecule has 326 valence electrons. The zero-order valence-corrected chi connectivity index (χ0v) is 35.9. The molecule has 0 radical (unpaired) electrons. The number of carbonyl (C=O) groups is 3. The van der Waals surface area contributed by atoms with Crippen LogP contribution in [0, 0.1) is 22.0 Å². The number of unbranched alkanes of at least 4 members (excludes halogenated alkanes) is 9. The number of methoxy groups -OCH3 is 1. The molecular formula is C45H51N7O9S. The van der Waals surface area contributed by atoms with E-state index in [1.54, 1.807) is 61.5 Å². The zero-order chi connectivity index (χ0) is 44.3. The molecule has 5 aromatic rings. The van der Waals surface area contributed by atoms with Crippen molar-refractivity contribution in [3.63, 3.8) is 0 Å². The number of aromatic hydroxyl groups is 1. The number of thioether (sulfide) groups is 1. The number of nitrogens with one attached hydrogen (secondary N) is 1. The van der Waals surface area contributed by atoms with Gasteiger partial charge in [0.05, 0.1) is 29.0 Å². The number of aromatic nitrogens is 4. The van der Waals surface area contributed by atoms with Crippen molar-refractivity contribution in [2.24, 2.45) is 0 Å². The molecule has 1 heterocycles. The Balaban J connectivity index is 1.35. The second-order valence-electron chi connectivity index (χ2n) is 14.2. The molecule has 0 saturated heterocycles. The van der Waals surface area contributed by atoms with E-state index in [2.05, 4.69) is 39.6 Å². The van der Waals surface area contributed by atoms with Crippen LogP contribution in [-0.4, -0.2) is 68.5 Å². The number of benzene rings is 4. The van der Waals surface area contributed by atoms with E-state index in [9.17, 15) is 29.6 Å². The number of nitro groups is 1. The molecule has 2 amide bonds. The number of phenolic OH excluding ortho intramolecular Hbond substituents is 1. The molecule has 0 spiro atoms. The summed E-state index contributed by atoms with van der Waals surface area (Å²) in [6, 6.07) is 19.3. The number of hydrogen-bond acceptors (Lipinski definition) is 13. The molecular weight excluding hydrogens is 815 g/mol. The Morgan fingerprint density at radius 1 is 0.919 bits per heavy atom. The van der Waals surface area contributed by atoms with Gasteiger partial charge in [-0.1, -0.05) is 119 Å². The molecule has 2 N–H and O–H groups in total. The van der Waals surface area contributed by atoms with Crippen molar-refractivity contribution in [1.29, 1.82) is 0 Å². The quantitative estimate of drug-likeness (QED) is 0.0157. The van der Waals surface area contributed by atoms with E-state index in [0.717, 1.165) is 37.4 Å². The van der Waals surface area contributed by atoms with Gasteiger partial charge in [-0.2, -0.15) is 0 Å². The molecule has 0 saturated carbocycles. The predicted molar refractivity (Wildman–Crippen MR) is 237 cm³/mol. The summed E-state index contributed by atoms with van der Waals surface area (Å²) in [4.78, 5) is 52.9.